The van der Waals surface area contributed by atoms with Crippen LogP contribution in [-0.2, 0) is 9.53 Å². The van der Waals surface area contributed by atoms with E-state index in [0.717, 1.165) is 24.8 Å². The summed E-state index contributed by atoms with van der Waals surface area (Å²) in [6, 6.07) is 7.65. The normalized spacial score (nSPS) is 23.3. The van der Waals surface area contributed by atoms with Crippen molar-refractivity contribution in [2.75, 3.05) is 32.7 Å². The molecule has 0 unspecified atom stereocenters. The summed E-state index contributed by atoms with van der Waals surface area (Å²) in [5.41, 5.74) is 7.41. The summed E-state index contributed by atoms with van der Waals surface area (Å²) in [7, 11) is 0. The molecule has 0 spiro atoms. The molecule has 0 aromatic heterocycles. The third kappa shape index (κ3) is 4.75. The Balaban J connectivity index is 0.00000243. The van der Waals surface area contributed by atoms with E-state index < -0.39 is 0 Å². The van der Waals surface area contributed by atoms with Gasteiger partial charge in [0.15, 0.2) is 0 Å². The predicted molar refractivity (Wildman–Crippen MR) is 102 cm³/mol. The maximum Gasteiger partial charge on any atom is 0.253 e. The van der Waals surface area contributed by atoms with E-state index in [0.29, 0.717) is 38.3 Å². The first kappa shape index (κ1) is 20.7. The van der Waals surface area contributed by atoms with E-state index >= 15 is 0 Å². The predicted octanol–water partition coefficient (Wildman–Crippen LogP) is 1.60. The van der Waals surface area contributed by atoms with Crippen molar-refractivity contribution in [3.8, 4) is 0 Å². The number of benzene rings is 1. The minimum Gasteiger partial charge on any atom is -0.364 e. The summed E-state index contributed by atoms with van der Waals surface area (Å²) >= 11 is 0. The van der Waals surface area contributed by atoms with Crippen LogP contribution in [0.3, 0.4) is 0 Å². The molecule has 2 aliphatic heterocycles. The van der Waals surface area contributed by atoms with Crippen LogP contribution in [0.5, 0.6) is 0 Å². The van der Waals surface area contributed by atoms with Crippen molar-refractivity contribution in [3.05, 3.63) is 35.4 Å². The average Bonchev–Trinajstić information content (AvgIpc) is 2.97. The molecule has 1 aromatic rings. The molecule has 2 amide bonds. The minimum absolute atomic E-state index is 0. The molecule has 2 heterocycles. The van der Waals surface area contributed by atoms with Crippen LogP contribution in [0.4, 0.5) is 0 Å². The monoisotopic (exact) mass is 381 g/mol. The van der Waals surface area contributed by atoms with Gasteiger partial charge in [-0.1, -0.05) is 17.7 Å². The maximum atomic E-state index is 12.7. The Morgan fingerprint density at radius 1 is 1.15 bits per heavy atom. The molecule has 2 saturated heterocycles. The van der Waals surface area contributed by atoms with E-state index in [1.54, 1.807) is 0 Å². The van der Waals surface area contributed by atoms with Crippen LogP contribution in [0, 0.1) is 6.92 Å². The van der Waals surface area contributed by atoms with Gasteiger partial charge < -0.3 is 20.3 Å². The van der Waals surface area contributed by atoms with Crippen molar-refractivity contribution < 1.29 is 14.3 Å². The molecule has 1 aromatic carbocycles. The summed E-state index contributed by atoms with van der Waals surface area (Å²) in [5, 5.41) is 0. The van der Waals surface area contributed by atoms with Gasteiger partial charge >= 0.3 is 0 Å². The van der Waals surface area contributed by atoms with Gasteiger partial charge in [0.1, 0.15) is 6.10 Å². The minimum atomic E-state index is -0.368. The number of nitrogens with two attached hydrogens (primary N) is 1. The highest BCUT2D eigenvalue weighted by Gasteiger charge is 2.33. The quantitative estimate of drug-likeness (QED) is 0.862. The standard InChI is InChI=1S/C19H27N3O3.ClH/c1-14-4-2-5-15(12-14)18(23)21-8-3-9-22(11-10-21)19(24)17-7-6-16(13-20)25-17;/h2,4-5,12,16-17H,3,6-11,13,20H2,1H3;1H/t16-,17+;/m1./s1. The van der Waals surface area contributed by atoms with Gasteiger partial charge in [0.2, 0.25) is 0 Å². The van der Waals surface area contributed by atoms with E-state index in [1.165, 1.54) is 0 Å². The maximum absolute atomic E-state index is 12.7. The number of nitrogens with zero attached hydrogens (tertiary/aromatic N) is 2. The molecule has 26 heavy (non-hydrogen) atoms. The average molecular weight is 382 g/mol. The Kier molecular flexibility index (Phi) is 7.43. The number of halogens is 1. The molecule has 0 bridgehead atoms. The Labute approximate surface area is 161 Å². The molecule has 7 heteroatoms. The van der Waals surface area contributed by atoms with Crippen molar-refractivity contribution in [1.29, 1.82) is 0 Å². The lowest BCUT2D eigenvalue weighted by Gasteiger charge is -2.24. The number of hydrogen-bond donors (Lipinski definition) is 1. The van der Waals surface area contributed by atoms with Crippen LogP contribution in [0.2, 0.25) is 0 Å². The smallest absolute Gasteiger partial charge is 0.253 e. The first-order valence-corrected chi connectivity index (χ1v) is 9.08. The van der Waals surface area contributed by atoms with Gasteiger partial charge in [-0.3, -0.25) is 9.59 Å². The summed E-state index contributed by atoms with van der Waals surface area (Å²) in [6.07, 6.45) is 2.01. The topological polar surface area (TPSA) is 75.9 Å². The first-order valence-electron chi connectivity index (χ1n) is 9.08. The molecular weight excluding hydrogens is 354 g/mol. The van der Waals surface area contributed by atoms with Crippen molar-refractivity contribution in [3.63, 3.8) is 0 Å². The number of hydrogen-bond acceptors (Lipinski definition) is 4. The number of ether oxygens (including phenoxy) is 1. The van der Waals surface area contributed by atoms with E-state index in [1.807, 2.05) is 41.0 Å². The third-order valence-corrected chi connectivity index (χ3v) is 5.01. The van der Waals surface area contributed by atoms with Crippen molar-refractivity contribution in [1.82, 2.24) is 9.80 Å². The lowest BCUT2D eigenvalue weighted by Crippen LogP contribution is -2.42. The van der Waals surface area contributed by atoms with Crippen LogP contribution in [-0.4, -0.2) is 66.5 Å². The van der Waals surface area contributed by atoms with Crippen LogP contribution in [0.15, 0.2) is 24.3 Å². The van der Waals surface area contributed by atoms with Gasteiger partial charge in [-0.15, -0.1) is 12.4 Å². The summed E-state index contributed by atoms with van der Waals surface area (Å²) in [5.74, 6) is 0.0825. The second kappa shape index (κ2) is 9.35. The van der Waals surface area contributed by atoms with Gasteiger partial charge in [-0.25, -0.2) is 0 Å². The van der Waals surface area contributed by atoms with Gasteiger partial charge in [0, 0.05) is 38.3 Å². The fourth-order valence-corrected chi connectivity index (χ4v) is 3.57. The second-order valence-electron chi connectivity index (χ2n) is 6.90. The van der Waals surface area contributed by atoms with Crippen LogP contribution in [0.25, 0.3) is 0 Å². The van der Waals surface area contributed by atoms with Crippen molar-refractivity contribution in [2.45, 2.75) is 38.4 Å². The highest BCUT2D eigenvalue weighted by Crippen LogP contribution is 2.21. The van der Waals surface area contributed by atoms with Gasteiger partial charge in [-0.05, 0) is 38.3 Å². The highest BCUT2D eigenvalue weighted by atomic mass is 35.5. The fourth-order valence-electron chi connectivity index (χ4n) is 3.57. The first-order chi connectivity index (χ1) is 12.1. The zero-order valence-corrected chi connectivity index (χ0v) is 16.0. The van der Waals surface area contributed by atoms with E-state index in [9.17, 15) is 9.59 Å². The molecule has 144 valence electrons. The molecule has 0 aliphatic carbocycles. The molecular formula is C19H28ClN3O3. The van der Waals surface area contributed by atoms with Crippen molar-refractivity contribution >= 4 is 24.2 Å². The molecule has 2 aliphatic rings. The number of carbonyl (C=O) groups excluding carboxylic acids is 2. The van der Waals surface area contributed by atoms with Gasteiger partial charge in [-0.2, -0.15) is 0 Å². The molecule has 0 saturated carbocycles. The molecule has 2 atom stereocenters. The molecule has 2 fully saturated rings. The lowest BCUT2D eigenvalue weighted by molar-refractivity contribution is -0.142. The molecule has 6 nitrogen and oxygen atoms in total. The van der Waals surface area contributed by atoms with E-state index in [4.69, 9.17) is 10.5 Å². The Morgan fingerprint density at radius 3 is 2.58 bits per heavy atom. The highest BCUT2D eigenvalue weighted by molar-refractivity contribution is 5.94. The number of aryl methyl sites for hydroxylation is 1. The summed E-state index contributed by atoms with van der Waals surface area (Å²) in [6.45, 7) is 4.91. The van der Waals surface area contributed by atoms with Crippen LogP contribution < -0.4 is 5.73 Å². The summed E-state index contributed by atoms with van der Waals surface area (Å²) in [4.78, 5) is 29.1. The zero-order valence-electron chi connectivity index (χ0n) is 15.2. The Hall–Kier alpha value is -1.63. The van der Waals surface area contributed by atoms with Gasteiger partial charge in [0.25, 0.3) is 11.8 Å². The largest absolute Gasteiger partial charge is 0.364 e. The Bertz CT molecular complexity index is 640. The fraction of sp³-hybridized carbons (Fsp3) is 0.579. The summed E-state index contributed by atoms with van der Waals surface area (Å²) < 4.78 is 5.73. The molecule has 2 N–H and O–H groups in total. The zero-order chi connectivity index (χ0) is 17.8. The second-order valence-corrected chi connectivity index (χ2v) is 6.90. The Morgan fingerprint density at radius 2 is 1.88 bits per heavy atom. The number of rotatable bonds is 3. The van der Waals surface area contributed by atoms with Crippen LogP contribution in [0.1, 0.15) is 35.2 Å². The number of amides is 2. The van der Waals surface area contributed by atoms with E-state index in [-0.39, 0.29) is 36.4 Å². The van der Waals surface area contributed by atoms with Gasteiger partial charge in [0.05, 0.1) is 6.10 Å². The number of carbonyl (C=O) groups is 2. The molecule has 0 radical (unpaired) electrons. The van der Waals surface area contributed by atoms with E-state index in [2.05, 4.69) is 0 Å². The molecule has 3 rings (SSSR count). The third-order valence-electron chi connectivity index (χ3n) is 5.01. The SMILES string of the molecule is Cc1cccc(C(=O)N2CCCN(C(=O)[C@@H]3CC[C@H](CN)O3)CC2)c1.Cl. The van der Waals surface area contributed by atoms with Crippen molar-refractivity contribution in [2.24, 2.45) is 5.73 Å². The lowest BCUT2D eigenvalue weighted by atomic mass is 10.1. The van der Waals surface area contributed by atoms with Crippen LogP contribution >= 0.6 is 12.4 Å².